The zero-order valence-electron chi connectivity index (χ0n) is 14.3. The van der Waals surface area contributed by atoms with Crippen molar-refractivity contribution in [3.63, 3.8) is 0 Å². The van der Waals surface area contributed by atoms with Gasteiger partial charge in [-0.1, -0.05) is 36.4 Å². The highest BCUT2D eigenvalue weighted by atomic mass is 16.5. The van der Waals surface area contributed by atoms with Crippen molar-refractivity contribution in [1.82, 2.24) is 5.32 Å². The molecular weight excluding hydrogens is 294 g/mol. The molecule has 0 amide bonds. The molecule has 3 aliphatic carbocycles. The third kappa shape index (κ3) is 1.99. The van der Waals surface area contributed by atoms with Crippen molar-refractivity contribution >= 4 is 0 Å². The first-order valence-electron chi connectivity index (χ1n) is 9.24. The zero-order chi connectivity index (χ0) is 16.1. The fourth-order valence-electron chi connectivity index (χ4n) is 5.90. The lowest BCUT2D eigenvalue weighted by atomic mass is 9.49. The molecule has 1 aliphatic heterocycles. The third-order valence-corrected chi connectivity index (χ3v) is 6.85. The maximum atomic E-state index is 5.36. The summed E-state index contributed by atoms with van der Waals surface area (Å²) in [7, 11) is 1.74. The number of methoxy groups -OCH3 is 1. The molecule has 2 bridgehead atoms. The SMILES string of the molecule is COc1ccc([C@H]2C[C@H]3C[C@]4(CCNC4)[C@H]2c2ccccc23)cc1. The molecule has 2 aromatic rings. The van der Waals surface area contributed by atoms with Crippen molar-refractivity contribution in [2.75, 3.05) is 20.2 Å². The summed E-state index contributed by atoms with van der Waals surface area (Å²) in [6.45, 7) is 2.37. The normalized spacial score (nSPS) is 33.6. The van der Waals surface area contributed by atoms with Gasteiger partial charge >= 0.3 is 0 Å². The molecule has 0 aromatic heterocycles. The van der Waals surface area contributed by atoms with Crippen LogP contribution in [0, 0.1) is 5.41 Å². The number of hydrogen-bond acceptors (Lipinski definition) is 2. The van der Waals surface area contributed by atoms with Gasteiger partial charge in [0.2, 0.25) is 0 Å². The molecule has 1 saturated heterocycles. The quantitative estimate of drug-likeness (QED) is 0.884. The van der Waals surface area contributed by atoms with Crippen LogP contribution in [0.25, 0.3) is 0 Å². The van der Waals surface area contributed by atoms with Gasteiger partial charge in [-0.25, -0.2) is 0 Å². The van der Waals surface area contributed by atoms with Crippen LogP contribution >= 0.6 is 0 Å². The van der Waals surface area contributed by atoms with E-state index >= 15 is 0 Å². The first kappa shape index (κ1) is 14.5. The molecule has 4 atom stereocenters. The molecule has 0 unspecified atom stereocenters. The fourth-order valence-corrected chi connectivity index (χ4v) is 5.90. The van der Waals surface area contributed by atoms with E-state index < -0.39 is 0 Å². The van der Waals surface area contributed by atoms with E-state index in [1.165, 1.54) is 37.9 Å². The predicted octanol–water partition coefficient (Wildman–Crippen LogP) is 4.43. The molecule has 6 rings (SSSR count). The monoisotopic (exact) mass is 319 g/mol. The largest absolute Gasteiger partial charge is 0.497 e. The van der Waals surface area contributed by atoms with Gasteiger partial charge in [0.1, 0.15) is 5.75 Å². The Morgan fingerprint density at radius 1 is 1.04 bits per heavy atom. The molecule has 0 radical (unpaired) electrons. The summed E-state index contributed by atoms with van der Waals surface area (Å²) in [6.07, 6.45) is 4.00. The molecule has 1 N–H and O–H groups in total. The third-order valence-electron chi connectivity index (χ3n) is 6.85. The van der Waals surface area contributed by atoms with E-state index in [1.807, 2.05) is 0 Å². The topological polar surface area (TPSA) is 21.3 Å². The number of benzene rings is 2. The minimum Gasteiger partial charge on any atom is -0.497 e. The number of rotatable bonds is 2. The Hall–Kier alpha value is -1.80. The molecule has 2 heteroatoms. The maximum Gasteiger partial charge on any atom is 0.118 e. The van der Waals surface area contributed by atoms with Gasteiger partial charge in [0.05, 0.1) is 7.11 Å². The van der Waals surface area contributed by atoms with Crippen molar-refractivity contribution in [3.8, 4) is 5.75 Å². The lowest BCUT2D eigenvalue weighted by molar-refractivity contribution is 0.113. The first-order valence-corrected chi connectivity index (χ1v) is 9.24. The van der Waals surface area contributed by atoms with E-state index in [-0.39, 0.29) is 0 Å². The van der Waals surface area contributed by atoms with Gasteiger partial charge in [-0.2, -0.15) is 0 Å². The average Bonchev–Trinajstić information content (AvgIpc) is 3.10. The summed E-state index contributed by atoms with van der Waals surface area (Å²) in [6, 6.07) is 18.1. The van der Waals surface area contributed by atoms with Gasteiger partial charge in [-0.15, -0.1) is 0 Å². The van der Waals surface area contributed by atoms with E-state index in [4.69, 9.17) is 4.74 Å². The Labute approximate surface area is 144 Å². The van der Waals surface area contributed by atoms with Crippen LogP contribution in [-0.4, -0.2) is 20.2 Å². The molecule has 2 aromatic carbocycles. The van der Waals surface area contributed by atoms with E-state index in [9.17, 15) is 0 Å². The number of nitrogens with one attached hydrogen (secondary N) is 1. The molecule has 124 valence electrons. The summed E-state index contributed by atoms with van der Waals surface area (Å²) >= 11 is 0. The Balaban J connectivity index is 1.62. The van der Waals surface area contributed by atoms with Gasteiger partial charge in [-0.05, 0) is 77.8 Å². The van der Waals surface area contributed by atoms with Crippen LogP contribution in [0.4, 0.5) is 0 Å². The van der Waals surface area contributed by atoms with Gasteiger partial charge in [0.25, 0.3) is 0 Å². The van der Waals surface area contributed by atoms with Crippen molar-refractivity contribution < 1.29 is 4.74 Å². The highest BCUT2D eigenvalue weighted by Crippen LogP contribution is 2.65. The molecular formula is C22H25NO. The number of ether oxygens (including phenoxy) is 1. The van der Waals surface area contributed by atoms with E-state index in [2.05, 4.69) is 53.8 Å². The molecule has 4 aliphatic rings. The summed E-state index contributed by atoms with van der Waals surface area (Å²) in [4.78, 5) is 0. The predicted molar refractivity (Wildman–Crippen MR) is 96.8 cm³/mol. The number of fused-ring (bicyclic) bond motifs is 1. The molecule has 1 saturated carbocycles. The van der Waals surface area contributed by atoms with Gasteiger partial charge < -0.3 is 10.1 Å². The van der Waals surface area contributed by atoms with Crippen LogP contribution in [0.15, 0.2) is 48.5 Å². The second-order valence-corrected chi connectivity index (χ2v) is 7.91. The Morgan fingerprint density at radius 2 is 1.83 bits per heavy atom. The summed E-state index contributed by atoms with van der Waals surface area (Å²) in [5, 5.41) is 3.67. The zero-order valence-corrected chi connectivity index (χ0v) is 14.3. The second-order valence-electron chi connectivity index (χ2n) is 7.91. The highest BCUT2D eigenvalue weighted by molar-refractivity contribution is 5.46. The molecule has 1 spiro atoms. The second kappa shape index (κ2) is 5.35. The van der Waals surface area contributed by atoms with Crippen LogP contribution in [0.3, 0.4) is 0 Å². The van der Waals surface area contributed by atoms with Gasteiger partial charge in [0.15, 0.2) is 0 Å². The van der Waals surface area contributed by atoms with Crippen molar-refractivity contribution in [2.24, 2.45) is 5.41 Å². The average molecular weight is 319 g/mol. The standard InChI is InChI=1S/C22H25NO/c1-24-17-8-6-15(7-9-17)20-12-16-13-22(10-11-23-14-22)21(20)19-5-3-2-4-18(16)19/h2-9,16,20-21,23H,10-14H2,1H3/t16-,20+,21-,22-/m0/s1. The summed E-state index contributed by atoms with van der Waals surface area (Å²) in [5.74, 6) is 2.97. The molecule has 24 heavy (non-hydrogen) atoms. The smallest absolute Gasteiger partial charge is 0.118 e. The lowest BCUT2D eigenvalue weighted by Gasteiger charge is -2.55. The van der Waals surface area contributed by atoms with Crippen LogP contribution in [0.2, 0.25) is 0 Å². The van der Waals surface area contributed by atoms with Crippen molar-refractivity contribution in [1.29, 1.82) is 0 Å². The van der Waals surface area contributed by atoms with Gasteiger partial charge in [0, 0.05) is 6.54 Å². The lowest BCUT2D eigenvalue weighted by Crippen LogP contribution is -2.45. The van der Waals surface area contributed by atoms with Crippen molar-refractivity contribution in [3.05, 3.63) is 65.2 Å². The highest BCUT2D eigenvalue weighted by Gasteiger charge is 2.55. The van der Waals surface area contributed by atoms with Crippen LogP contribution in [0.1, 0.15) is 53.7 Å². The van der Waals surface area contributed by atoms with Crippen LogP contribution in [0.5, 0.6) is 5.75 Å². The summed E-state index contributed by atoms with van der Waals surface area (Å²) in [5.41, 5.74) is 5.21. The van der Waals surface area contributed by atoms with Crippen molar-refractivity contribution in [2.45, 2.75) is 37.0 Å². The molecule has 2 nitrogen and oxygen atoms in total. The minimum absolute atomic E-state index is 0.460. The van der Waals surface area contributed by atoms with E-state index in [1.54, 1.807) is 18.2 Å². The van der Waals surface area contributed by atoms with Crippen LogP contribution < -0.4 is 10.1 Å². The Morgan fingerprint density at radius 3 is 2.54 bits per heavy atom. The first-order chi connectivity index (χ1) is 11.8. The van der Waals surface area contributed by atoms with Crippen LogP contribution in [-0.2, 0) is 0 Å². The van der Waals surface area contributed by atoms with Gasteiger partial charge in [-0.3, -0.25) is 0 Å². The molecule has 2 fully saturated rings. The van der Waals surface area contributed by atoms with E-state index in [0.717, 1.165) is 11.7 Å². The van der Waals surface area contributed by atoms with E-state index in [0.29, 0.717) is 17.3 Å². The Bertz CT molecular complexity index is 745. The number of hydrogen-bond donors (Lipinski definition) is 1. The fraction of sp³-hybridized carbons (Fsp3) is 0.455. The maximum absolute atomic E-state index is 5.36. The minimum atomic E-state index is 0.460. The molecule has 1 heterocycles. The Kier molecular flexibility index (Phi) is 3.24. The summed E-state index contributed by atoms with van der Waals surface area (Å²) < 4.78 is 5.36.